The number of sulfone groups is 1. The van der Waals surface area contributed by atoms with E-state index < -0.39 is 9.84 Å². The highest BCUT2D eigenvalue weighted by Gasteiger charge is 2.26. The van der Waals surface area contributed by atoms with Crippen LogP contribution in [0.15, 0.2) is 23.0 Å². The molecule has 0 aromatic carbocycles. The molecule has 2 aromatic rings. The predicted molar refractivity (Wildman–Crippen MR) is 70.9 cm³/mol. The molecule has 0 radical (unpaired) electrons. The van der Waals surface area contributed by atoms with Gasteiger partial charge in [-0.05, 0) is 24.8 Å². The van der Waals surface area contributed by atoms with Crippen LogP contribution in [0.25, 0.3) is 5.65 Å². The largest absolute Gasteiger partial charge is 0.269 e. The summed E-state index contributed by atoms with van der Waals surface area (Å²) in [4.78, 5) is 11.8. The number of hydrogen-bond acceptors (Lipinski definition) is 4. The number of nitrogens with one attached hydrogen (secondary N) is 1. The first-order chi connectivity index (χ1) is 9.05. The van der Waals surface area contributed by atoms with Gasteiger partial charge in [0.05, 0.1) is 11.5 Å². The summed E-state index contributed by atoms with van der Waals surface area (Å²) in [6, 6.07) is 4.92. The summed E-state index contributed by atoms with van der Waals surface area (Å²) >= 11 is 0. The molecule has 0 amide bonds. The van der Waals surface area contributed by atoms with Gasteiger partial charge in [0.2, 0.25) is 0 Å². The highest BCUT2D eigenvalue weighted by atomic mass is 32.2. The molecule has 0 saturated carbocycles. The summed E-state index contributed by atoms with van der Waals surface area (Å²) in [5.41, 5.74) is 0.501. The fourth-order valence-electron chi connectivity index (χ4n) is 2.69. The summed E-state index contributed by atoms with van der Waals surface area (Å²) in [7, 11) is -2.92. The zero-order valence-corrected chi connectivity index (χ0v) is 11.2. The van der Waals surface area contributed by atoms with Crippen molar-refractivity contribution in [3.63, 3.8) is 0 Å². The number of pyridine rings is 1. The fourth-order valence-corrected chi connectivity index (χ4v) is 4.46. The van der Waals surface area contributed by atoms with E-state index in [-0.39, 0.29) is 23.0 Å². The third kappa shape index (κ3) is 2.42. The molecule has 19 heavy (non-hydrogen) atoms. The number of H-pyrrole nitrogens is 1. The van der Waals surface area contributed by atoms with Crippen LogP contribution in [0, 0.1) is 5.92 Å². The molecular formula is C12H15N3O3S. The highest BCUT2D eigenvalue weighted by Crippen LogP contribution is 2.21. The molecule has 1 fully saturated rings. The Morgan fingerprint density at radius 2 is 2.26 bits per heavy atom. The summed E-state index contributed by atoms with van der Waals surface area (Å²) in [5.74, 6) is 1.15. The molecule has 0 aliphatic carbocycles. The Balaban J connectivity index is 1.92. The van der Waals surface area contributed by atoms with Crippen molar-refractivity contribution < 1.29 is 8.42 Å². The van der Waals surface area contributed by atoms with Crippen molar-refractivity contribution in [3.05, 3.63) is 34.4 Å². The Morgan fingerprint density at radius 1 is 1.42 bits per heavy atom. The van der Waals surface area contributed by atoms with Crippen molar-refractivity contribution in [2.24, 2.45) is 5.92 Å². The summed E-state index contributed by atoms with van der Waals surface area (Å²) in [6.45, 7) is 0. The quantitative estimate of drug-likeness (QED) is 0.863. The van der Waals surface area contributed by atoms with E-state index in [2.05, 4.69) is 10.2 Å². The standard InChI is InChI=1S/C12H15N3O3S/c16-12-5-1-4-10-13-14-11(15(10)12)7-9-3-2-6-19(17,18)8-9/h1,4-5,9,13H,2-3,6-8H2. The SMILES string of the molecule is O=c1cccc2[nH]nc(CC3CCCS(=O)(=O)C3)n12. The fraction of sp³-hybridized carbons (Fsp3) is 0.500. The van der Waals surface area contributed by atoms with Crippen LogP contribution in [0.4, 0.5) is 0 Å². The van der Waals surface area contributed by atoms with E-state index in [1.807, 2.05) is 0 Å². The molecule has 3 heterocycles. The maximum absolute atomic E-state index is 11.8. The van der Waals surface area contributed by atoms with Crippen molar-refractivity contribution in [1.82, 2.24) is 14.6 Å². The third-order valence-electron chi connectivity index (χ3n) is 3.54. The van der Waals surface area contributed by atoms with Gasteiger partial charge in [0.1, 0.15) is 11.5 Å². The van der Waals surface area contributed by atoms with E-state index in [0.717, 1.165) is 6.42 Å². The number of aromatic nitrogens is 3. The minimum Gasteiger partial charge on any atom is -0.269 e. The monoisotopic (exact) mass is 281 g/mol. The van der Waals surface area contributed by atoms with Gasteiger partial charge in [-0.1, -0.05) is 6.07 Å². The van der Waals surface area contributed by atoms with Crippen molar-refractivity contribution >= 4 is 15.5 Å². The Morgan fingerprint density at radius 3 is 3.05 bits per heavy atom. The molecule has 7 heteroatoms. The van der Waals surface area contributed by atoms with E-state index >= 15 is 0 Å². The average Bonchev–Trinajstić information content (AvgIpc) is 2.72. The molecule has 1 N–H and O–H groups in total. The van der Waals surface area contributed by atoms with Crippen LogP contribution in [0.1, 0.15) is 18.7 Å². The van der Waals surface area contributed by atoms with Crippen LogP contribution in [-0.4, -0.2) is 34.5 Å². The number of nitrogens with zero attached hydrogens (tertiary/aromatic N) is 2. The molecule has 1 atom stereocenters. The number of rotatable bonds is 2. The Labute approximate surface area is 110 Å². The van der Waals surface area contributed by atoms with Crippen LogP contribution >= 0.6 is 0 Å². The van der Waals surface area contributed by atoms with Gasteiger partial charge < -0.3 is 0 Å². The predicted octanol–water partition coefficient (Wildman–Crippen LogP) is 0.390. The minimum atomic E-state index is -2.92. The highest BCUT2D eigenvalue weighted by molar-refractivity contribution is 7.91. The molecule has 0 spiro atoms. The second-order valence-electron chi connectivity index (χ2n) is 5.05. The molecule has 2 aromatic heterocycles. The van der Waals surface area contributed by atoms with E-state index in [9.17, 15) is 13.2 Å². The van der Waals surface area contributed by atoms with Gasteiger partial charge in [0, 0.05) is 12.5 Å². The average molecular weight is 281 g/mol. The maximum Gasteiger partial charge on any atom is 0.257 e. The van der Waals surface area contributed by atoms with Crippen molar-refractivity contribution in [3.8, 4) is 0 Å². The summed E-state index contributed by atoms with van der Waals surface area (Å²) in [5, 5.41) is 6.94. The molecule has 1 saturated heterocycles. The van der Waals surface area contributed by atoms with Crippen molar-refractivity contribution in [2.75, 3.05) is 11.5 Å². The van der Waals surface area contributed by atoms with Gasteiger partial charge in [0.25, 0.3) is 5.56 Å². The Hall–Kier alpha value is -1.63. The molecule has 6 nitrogen and oxygen atoms in total. The molecule has 3 rings (SSSR count). The normalized spacial score (nSPS) is 22.6. The first kappa shape index (κ1) is 12.4. The van der Waals surface area contributed by atoms with Crippen molar-refractivity contribution in [1.29, 1.82) is 0 Å². The minimum absolute atomic E-state index is 0.0531. The third-order valence-corrected chi connectivity index (χ3v) is 5.43. The first-order valence-electron chi connectivity index (χ1n) is 6.31. The summed E-state index contributed by atoms with van der Waals surface area (Å²) < 4.78 is 24.8. The van der Waals surface area contributed by atoms with Crippen LogP contribution in [0.2, 0.25) is 0 Å². The smallest absolute Gasteiger partial charge is 0.257 e. The lowest BCUT2D eigenvalue weighted by Crippen LogP contribution is -2.27. The lowest BCUT2D eigenvalue weighted by molar-refractivity contribution is 0.473. The first-order valence-corrected chi connectivity index (χ1v) is 8.13. The van der Waals surface area contributed by atoms with E-state index in [1.165, 1.54) is 10.5 Å². The second-order valence-corrected chi connectivity index (χ2v) is 7.28. The molecular weight excluding hydrogens is 266 g/mol. The Bertz CT molecular complexity index is 760. The Kier molecular flexibility index (Phi) is 2.93. The van der Waals surface area contributed by atoms with Crippen LogP contribution < -0.4 is 5.56 Å². The summed E-state index contributed by atoms with van der Waals surface area (Å²) in [6.07, 6.45) is 2.09. The van der Waals surface area contributed by atoms with Gasteiger partial charge >= 0.3 is 0 Å². The van der Waals surface area contributed by atoms with Gasteiger partial charge in [-0.25, -0.2) is 12.8 Å². The topological polar surface area (TPSA) is 84.3 Å². The van der Waals surface area contributed by atoms with Gasteiger partial charge in [-0.2, -0.15) is 5.10 Å². The number of fused-ring (bicyclic) bond motifs is 1. The second kappa shape index (κ2) is 4.48. The molecule has 0 bridgehead atoms. The maximum atomic E-state index is 11.8. The zero-order valence-electron chi connectivity index (χ0n) is 10.4. The molecule has 1 aliphatic rings. The van der Waals surface area contributed by atoms with Crippen LogP contribution in [0.3, 0.4) is 0 Å². The van der Waals surface area contributed by atoms with E-state index in [0.29, 0.717) is 24.3 Å². The van der Waals surface area contributed by atoms with Crippen molar-refractivity contribution in [2.45, 2.75) is 19.3 Å². The molecule has 1 aliphatic heterocycles. The number of aromatic amines is 1. The van der Waals surface area contributed by atoms with Crippen LogP contribution in [-0.2, 0) is 16.3 Å². The zero-order chi connectivity index (χ0) is 13.5. The van der Waals surface area contributed by atoms with Gasteiger partial charge in [-0.3, -0.25) is 9.89 Å². The lowest BCUT2D eigenvalue weighted by Gasteiger charge is -2.20. The molecule has 1 unspecified atom stereocenters. The van der Waals surface area contributed by atoms with Gasteiger partial charge in [0.15, 0.2) is 9.84 Å². The van der Waals surface area contributed by atoms with E-state index in [1.54, 1.807) is 12.1 Å². The molecule has 102 valence electrons. The van der Waals surface area contributed by atoms with E-state index in [4.69, 9.17) is 0 Å². The lowest BCUT2D eigenvalue weighted by atomic mass is 10.0. The number of hydrogen-bond donors (Lipinski definition) is 1. The van der Waals surface area contributed by atoms with Crippen LogP contribution in [0.5, 0.6) is 0 Å². The van der Waals surface area contributed by atoms with Gasteiger partial charge in [-0.15, -0.1) is 0 Å².